The first-order valence-electron chi connectivity index (χ1n) is 7.29. The molecule has 22 heavy (non-hydrogen) atoms. The van der Waals surface area contributed by atoms with Crippen LogP contribution in [0, 0.1) is 4.77 Å². The molecule has 1 amide bonds. The van der Waals surface area contributed by atoms with Gasteiger partial charge >= 0.3 is 0 Å². The zero-order valence-corrected chi connectivity index (χ0v) is 13.9. The van der Waals surface area contributed by atoms with E-state index in [2.05, 4.69) is 16.9 Å². The number of nitrogens with one attached hydrogen (secondary N) is 2. The topological polar surface area (TPSA) is 69.0 Å². The molecule has 1 aliphatic heterocycles. The van der Waals surface area contributed by atoms with Crippen LogP contribution in [0.25, 0.3) is 10.9 Å². The second-order valence-corrected chi connectivity index (χ2v) is 6.98. The molecule has 5 nitrogen and oxygen atoms in total. The molecule has 0 aliphatic carbocycles. The van der Waals surface area contributed by atoms with E-state index in [9.17, 15) is 9.59 Å². The van der Waals surface area contributed by atoms with Crippen LogP contribution in [0.1, 0.15) is 30.1 Å². The third-order valence-electron chi connectivity index (χ3n) is 3.77. The Morgan fingerprint density at radius 3 is 3.05 bits per heavy atom. The highest BCUT2D eigenvalue weighted by Gasteiger charge is 2.29. The molecule has 1 atom stereocenters. The minimum Gasteiger partial charge on any atom is -0.332 e. The van der Waals surface area contributed by atoms with Gasteiger partial charge in [0.05, 0.1) is 16.3 Å². The van der Waals surface area contributed by atoms with Gasteiger partial charge in [-0.3, -0.25) is 14.6 Å². The number of benzene rings is 1. The lowest BCUT2D eigenvalue weighted by Crippen LogP contribution is -2.34. The summed E-state index contributed by atoms with van der Waals surface area (Å²) in [6.07, 6.45) is 2.06. The van der Waals surface area contributed by atoms with Crippen molar-refractivity contribution >= 4 is 40.8 Å². The molecule has 2 N–H and O–H groups in total. The van der Waals surface area contributed by atoms with Crippen molar-refractivity contribution in [2.75, 3.05) is 12.3 Å². The second kappa shape index (κ2) is 6.26. The van der Waals surface area contributed by atoms with E-state index in [1.807, 2.05) is 16.7 Å². The van der Waals surface area contributed by atoms with Crippen LogP contribution in [0.2, 0.25) is 0 Å². The van der Waals surface area contributed by atoms with E-state index in [0.29, 0.717) is 16.5 Å². The minimum atomic E-state index is -0.238. The maximum absolute atomic E-state index is 12.7. The standard InChI is InChI=1S/C15H17N3O2S2/c1-2-3-12-18(6-7-22-12)14(20)9-4-5-10-11(8-9)16-15(21)17-13(10)19/h4-5,8,12H,2-3,6-7H2,1H3,(H2,16,17,19,21). The molecule has 0 bridgehead atoms. The molecule has 1 saturated heterocycles. The molecule has 7 heteroatoms. The van der Waals surface area contributed by atoms with Gasteiger partial charge in [-0.15, -0.1) is 11.8 Å². The van der Waals surface area contributed by atoms with Gasteiger partial charge in [-0.05, 0) is 36.8 Å². The summed E-state index contributed by atoms with van der Waals surface area (Å²) >= 11 is 6.82. The summed E-state index contributed by atoms with van der Waals surface area (Å²) in [5.41, 5.74) is 0.948. The minimum absolute atomic E-state index is 0.0185. The number of hydrogen-bond acceptors (Lipinski definition) is 4. The monoisotopic (exact) mass is 335 g/mol. The van der Waals surface area contributed by atoms with Crippen LogP contribution < -0.4 is 5.56 Å². The van der Waals surface area contributed by atoms with Crippen molar-refractivity contribution in [1.82, 2.24) is 14.9 Å². The number of thioether (sulfide) groups is 1. The van der Waals surface area contributed by atoms with Crippen LogP contribution in [0.5, 0.6) is 0 Å². The van der Waals surface area contributed by atoms with Crippen LogP contribution in [-0.4, -0.2) is 38.4 Å². The van der Waals surface area contributed by atoms with Crippen molar-refractivity contribution in [1.29, 1.82) is 0 Å². The number of carbonyl (C=O) groups excluding carboxylic acids is 1. The molecule has 0 radical (unpaired) electrons. The number of H-pyrrole nitrogens is 2. The summed E-state index contributed by atoms with van der Waals surface area (Å²) in [6.45, 7) is 2.90. The zero-order valence-electron chi connectivity index (χ0n) is 12.2. The molecule has 1 aromatic carbocycles. The predicted octanol–water partition coefficient (Wildman–Crippen LogP) is 2.90. The highest BCUT2D eigenvalue weighted by atomic mass is 32.2. The van der Waals surface area contributed by atoms with E-state index < -0.39 is 0 Å². The molecule has 3 rings (SSSR count). The van der Waals surface area contributed by atoms with Gasteiger partial charge in [-0.25, -0.2) is 0 Å². The number of fused-ring (bicyclic) bond motifs is 1. The number of rotatable bonds is 3. The number of amides is 1. The first-order chi connectivity index (χ1) is 10.6. The Morgan fingerprint density at radius 1 is 1.45 bits per heavy atom. The average molecular weight is 335 g/mol. The van der Waals surface area contributed by atoms with Gasteiger partial charge in [0.2, 0.25) is 0 Å². The molecule has 0 saturated carbocycles. The smallest absolute Gasteiger partial charge is 0.259 e. The summed E-state index contributed by atoms with van der Waals surface area (Å²) in [6, 6.07) is 5.10. The normalized spacial score (nSPS) is 18.0. The number of nitrogens with zero attached hydrogens (tertiary/aromatic N) is 1. The molecular formula is C15H17N3O2S2. The van der Waals surface area contributed by atoms with Crippen LogP contribution in [-0.2, 0) is 0 Å². The molecule has 1 aliphatic rings. The fourth-order valence-corrected chi connectivity index (χ4v) is 4.27. The highest BCUT2D eigenvalue weighted by molar-refractivity contribution is 8.00. The zero-order chi connectivity index (χ0) is 15.7. The average Bonchev–Trinajstić information content (AvgIpc) is 2.94. The Kier molecular flexibility index (Phi) is 4.35. The van der Waals surface area contributed by atoms with E-state index in [0.717, 1.165) is 25.1 Å². The molecule has 116 valence electrons. The molecule has 2 heterocycles. The van der Waals surface area contributed by atoms with E-state index >= 15 is 0 Å². The summed E-state index contributed by atoms with van der Waals surface area (Å²) in [4.78, 5) is 32.0. The first kappa shape index (κ1) is 15.3. The highest BCUT2D eigenvalue weighted by Crippen LogP contribution is 2.29. The molecular weight excluding hydrogens is 318 g/mol. The predicted molar refractivity (Wildman–Crippen MR) is 91.9 cm³/mol. The second-order valence-electron chi connectivity index (χ2n) is 5.28. The lowest BCUT2D eigenvalue weighted by atomic mass is 10.1. The van der Waals surface area contributed by atoms with Gasteiger partial charge in [0.25, 0.3) is 11.5 Å². The fourth-order valence-electron chi connectivity index (χ4n) is 2.71. The number of hydrogen-bond donors (Lipinski definition) is 2. The Bertz CT molecular complexity index is 827. The molecule has 0 spiro atoms. The quantitative estimate of drug-likeness (QED) is 0.846. The Morgan fingerprint density at radius 2 is 2.27 bits per heavy atom. The van der Waals surface area contributed by atoms with Gasteiger partial charge in [0.1, 0.15) is 0 Å². The fraction of sp³-hybridized carbons (Fsp3) is 0.400. The number of carbonyl (C=O) groups is 1. The van der Waals surface area contributed by atoms with Crippen LogP contribution in [0.3, 0.4) is 0 Å². The number of aromatic amines is 2. The van der Waals surface area contributed by atoms with E-state index in [-0.39, 0.29) is 21.6 Å². The Labute approximate surface area is 137 Å². The van der Waals surface area contributed by atoms with Crippen molar-refractivity contribution in [3.63, 3.8) is 0 Å². The maximum Gasteiger partial charge on any atom is 0.259 e. The lowest BCUT2D eigenvalue weighted by Gasteiger charge is -2.23. The Balaban J connectivity index is 1.97. The first-order valence-corrected chi connectivity index (χ1v) is 8.75. The summed E-state index contributed by atoms with van der Waals surface area (Å²) in [7, 11) is 0. The van der Waals surface area contributed by atoms with Crippen LogP contribution in [0.15, 0.2) is 23.0 Å². The van der Waals surface area contributed by atoms with Crippen LogP contribution in [0.4, 0.5) is 0 Å². The van der Waals surface area contributed by atoms with E-state index in [1.165, 1.54) is 0 Å². The van der Waals surface area contributed by atoms with Gasteiger partial charge in [0, 0.05) is 17.9 Å². The molecule has 1 unspecified atom stereocenters. The SMILES string of the molecule is CCCC1SCCN1C(=O)c1ccc2c(=O)[nH]c(=S)[nH]c2c1. The molecule has 1 fully saturated rings. The third kappa shape index (κ3) is 2.83. The summed E-state index contributed by atoms with van der Waals surface area (Å²) < 4.78 is 0.266. The van der Waals surface area contributed by atoms with Gasteiger partial charge in [0.15, 0.2) is 4.77 Å². The van der Waals surface area contributed by atoms with Crippen molar-refractivity contribution in [2.24, 2.45) is 0 Å². The third-order valence-corrected chi connectivity index (χ3v) is 5.27. The van der Waals surface area contributed by atoms with Crippen molar-refractivity contribution < 1.29 is 4.79 Å². The maximum atomic E-state index is 12.7. The van der Waals surface area contributed by atoms with Gasteiger partial charge in [-0.1, -0.05) is 13.3 Å². The summed E-state index contributed by atoms with van der Waals surface area (Å²) in [5, 5.41) is 0.761. The summed E-state index contributed by atoms with van der Waals surface area (Å²) in [5.74, 6) is 0.997. The molecule has 2 aromatic rings. The van der Waals surface area contributed by atoms with Crippen molar-refractivity contribution in [3.05, 3.63) is 38.9 Å². The Hall–Kier alpha value is -1.60. The van der Waals surface area contributed by atoms with Gasteiger partial charge in [-0.2, -0.15) is 0 Å². The largest absolute Gasteiger partial charge is 0.332 e. The number of aromatic nitrogens is 2. The van der Waals surface area contributed by atoms with E-state index in [1.54, 1.807) is 18.2 Å². The van der Waals surface area contributed by atoms with E-state index in [4.69, 9.17) is 12.2 Å². The molecule has 1 aromatic heterocycles. The van der Waals surface area contributed by atoms with Crippen molar-refractivity contribution in [2.45, 2.75) is 25.1 Å². The van der Waals surface area contributed by atoms with Crippen molar-refractivity contribution in [3.8, 4) is 0 Å². The lowest BCUT2D eigenvalue weighted by molar-refractivity contribution is 0.0756. The van der Waals surface area contributed by atoms with Crippen LogP contribution >= 0.6 is 24.0 Å². The van der Waals surface area contributed by atoms with Gasteiger partial charge < -0.3 is 9.88 Å².